The smallest absolute Gasteiger partial charge is 0.449 e. The maximum Gasteiger partial charge on any atom is 0.510 e. The first kappa shape index (κ1) is 44.5. The summed E-state index contributed by atoms with van der Waals surface area (Å²) in [6.45, 7) is 9.37. The maximum atomic E-state index is 15.7. The molecule has 1 saturated carbocycles. The Kier molecular flexibility index (Phi) is 14.2. The molecular weight excluding hydrogens is 750 g/mol. The Balaban J connectivity index is 2.20. The summed E-state index contributed by atoms with van der Waals surface area (Å²) in [5, 5.41) is 0. The van der Waals surface area contributed by atoms with E-state index in [2.05, 4.69) is 0 Å². The third kappa shape index (κ3) is 9.12. The van der Waals surface area contributed by atoms with Crippen molar-refractivity contribution in [2.45, 2.75) is 116 Å². The molecule has 1 aliphatic carbocycles. The molecule has 1 saturated heterocycles. The summed E-state index contributed by atoms with van der Waals surface area (Å²) in [6, 6.07) is -1.84. The van der Waals surface area contributed by atoms with Gasteiger partial charge >= 0.3 is 37.8 Å². The molecule has 2 fully saturated rings. The molecule has 23 heteroatoms. The number of aromatic amines is 1. The number of alkyl halides is 1. The average molecular weight is 799 g/mol. The topological polar surface area (TPSA) is 285 Å². The summed E-state index contributed by atoms with van der Waals surface area (Å²) in [7, 11) is -5.28. The number of nitrogens with two attached hydrogens (primary N) is 2. The largest absolute Gasteiger partial charge is 0.510 e. The molecule has 1 aromatic heterocycles. The van der Waals surface area contributed by atoms with E-state index in [4.69, 9.17) is 58.2 Å². The highest BCUT2D eigenvalue weighted by Crippen LogP contribution is 2.74. The predicted octanol–water partition coefficient (Wildman–Crippen LogP) is 1.90. The lowest BCUT2D eigenvalue weighted by Crippen LogP contribution is -2.58. The van der Waals surface area contributed by atoms with E-state index in [9.17, 15) is 33.3 Å². The van der Waals surface area contributed by atoms with Crippen LogP contribution < -0.4 is 22.7 Å². The van der Waals surface area contributed by atoms with Gasteiger partial charge in [0.15, 0.2) is 23.5 Å². The first-order chi connectivity index (χ1) is 25.0. The van der Waals surface area contributed by atoms with Gasteiger partial charge in [0.2, 0.25) is 19.2 Å². The number of halogens is 1. The van der Waals surface area contributed by atoms with Gasteiger partial charge in [0.05, 0.1) is 12.2 Å². The number of carbonyl (C=O) groups is 4. The highest BCUT2D eigenvalue weighted by molar-refractivity contribution is 7.48. The Hall–Kier alpha value is -3.92. The number of rotatable bonds is 18. The van der Waals surface area contributed by atoms with Crippen LogP contribution in [0.25, 0.3) is 0 Å². The number of nitrogens with zero attached hydrogens (tertiary/aromatic N) is 1. The van der Waals surface area contributed by atoms with Crippen molar-refractivity contribution in [3.8, 4) is 0 Å². The first-order valence-electron chi connectivity index (χ1n) is 16.8. The lowest BCUT2D eigenvalue weighted by Gasteiger charge is -2.39. The summed E-state index contributed by atoms with van der Waals surface area (Å²) in [6.07, 6.45) is -6.88. The van der Waals surface area contributed by atoms with Crippen LogP contribution in [0.5, 0.6) is 0 Å². The van der Waals surface area contributed by atoms with E-state index in [0.29, 0.717) is 0 Å². The van der Waals surface area contributed by atoms with Crippen molar-refractivity contribution in [3.63, 3.8) is 0 Å². The van der Waals surface area contributed by atoms with Crippen molar-refractivity contribution < 1.29 is 74.9 Å². The Morgan fingerprint density at radius 2 is 1.37 bits per heavy atom. The van der Waals surface area contributed by atoms with Gasteiger partial charge in [-0.25, -0.2) is 32.4 Å². The molecule has 21 nitrogen and oxygen atoms in total. The van der Waals surface area contributed by atoms with Crippen molar-refractivity contribution in [3.05, 3.63) is 33.1 Å². The van der Waals surface area contributed by atoms with Crippen LogP contribution in [0, 0.1) is 11.8 Å². The highest BCUT2D eigenvalue weighted by atomic mass is 31.2. The molecule has 0 spiro atoms. The van der Waals surface area contributed by atoms with Crippen LogP contribution in [0.3, 0.4) is 0 Å². The Morgan fingerprint density at radius 3 is 1.80 bits per heavy atom. The van der Waals surface area contributed by atoms with Crippen LogP contribution in [0.4, 0.5) is 14.0 Å². The standard InChI is InChI=1S/C31H48FN4O17P/c1-15(2)20(33)22(38)50-29(9)25(36-11-10-19(37)35-26(36)40)52-30(12-32)24(31(29,30)51-23(39)21(34)16(3)4)53-54(43,46-13-44-27(41)48-17(5)6)47-14-45-28(42)49-18(7)8/h10-11,15-18,20-21,24-25H,12-14,33-34H2,1-9H3,(H,35,37,40)/t20?,21?,24?,25-,29+,30-,31+/m1/s1. The minimum Gasteiger partial charge on any atom is -0.449 e. The molecule has 0 radical (unpaired) electrons. The van der Waals surface area contributed by atoms with Crippen LogP contribution in [-0.4, -0.2) is 101 Å². The molecule has 7 atom stereocenters. The molecule has 1 aliphatic heterocycles. The zero-order valence-corrected chi connectivity index (χ0v) is 32.2. The number of hydrogen-bond donors (Lipinski definition) is 3. The highest BCUT2D eigenvalue weighted by Gasteiger charge is 2.98. The van der Waals surface area contributed by atoms with Crippen molar-refractivity contribution >= 4 is 32.1 Å². The number of esters is 2. The number of aromatic nitrogens is 2. The molecule has 5 N–H and O–H groups in total. The lowest BCUT2D eigenvalue weighted by molar-refractivity contribution is -0.214. The van der Waals surface area contributed by atoms with Crippen LogP contribution in [-0.2, 0) is 60.9 Å². The first-order valence-corrected chi connectivity index (χ1v) is 18.2. The zero-order valence-electron chi connectivity index (χ0n) is 31.3. The van der Waals surface area contributed by atoms with Gasteiger partial charge in [-0.1, -0.05) is 27.7 Å². The summed E-state index contributed by atoms with van der Waals surface area (Å²) < 4.78 is 83.6. The van der Waals surface area contributed by atoms with Crippen molar-refractivity contribution in [2.24, 2.45) is 23.3 Å². The Morgan fingerprint density at radius 1 is 0.889 bits per heavy atom. The normalized spacial score (nSPS) is 25.9. The van der Waals surface area contributed by atoms with E-state index in [1.165, 1.54) is 27.7 Å². The molecule has 3 unspecified atom stereocenters. The molecule has 0 aromatic carbocycles. The Labute approximate surface area is 308 Å². The molecular formula is C31H48FN4O17P. The third-order valence-electron chi connectivity index (χ3n) is 8.40. The van der Waals surface area contributed by atoms with Crippen molar-refractivity contribution in [1.82, 2.24) is 9.55 Å². The van der Waals surface area contributed by atoms with Gasteiger partial charge in [0, 0.05) is 12.3 Å². The average Bonchev–Trinajstić information content (AvgIpc) is 3.51. The van der Waals surface area contributed by atoms with Crippen LogP contribution in [0.15, 0.2) is 21.9 Å². The second-order valence-corrected chi connectivity index (χ2v) is 15.4. The monoisotopic (exact) mass is 798 g/mol. The second-order valence-electron chi connectivity index (χ2n) is 13.8. The van der Waals surface area contributed by atoms with Crippen LogP contribution in [0.1, 0.15) is 68.5 Å². The number of hydrogen-bond acceptors (Lipinski definition) is 19. The van der Waals surface area contributed by atoms with Crippen molar-refractivity contribution in [1.29, 1.82) is 0 Å². The number of ether oxygens (including phenoxy) is 7. The van der Waals surface area contributed by atoms with E-state index < -0.39 is 129 Å². The van der Waals surface area contributed by atoms with Gasteiger partial charge in [-0.3, -0.25) is 28.5 Å². The van der Waals surface area contributed by atoms with E-state index in [-0.39, 0.29) is 0 Å². The van der Waals surface area contributed by atoms with E-state index in [1.54, 1.807) is 27.7 Å². The van der Waals surface area contributed by atoms with Gasteiger partial charge in [0.25, 0.3) is 5.56 Å². The summed E-state index contributed by atoms with van der Waals surface area (Å²) >= 11 is 0. The fraction of sp³-hybridized carbons (Fsp3) is 0.742. The third-order valence-corrected chi connectivity index (χ3v) is 9.71. The number of nitrogens with one attached hydrogen (secondary N) is 1. The number of phosphoric acid groups is 1. The molecule has 306 valence electrons. The predicted molar refractivity (Wildman–Crippen MR) is 179 cm³/mol. The van der Waals surface area contributed by atoms with Crippen LogP contribution in [0.2, 0.25) is 0 Å². The molecule has 3 rings (SSSR count). The fourth-order valence-corrected chi connectivity index (χ4v) is 6.58. The van der Waals surface area contributed by atoms with Gasteiger partial charge in [-0.05, 0) is 46.5 Å². The SMILES string of the molecule is CC(C)OC(=O)OCOP(=O)(OCOC(=O)OC(C)C)OC1[C@]2(OC(=O)C(N)C(C)C)[C@@](C)(OC(=O)C(N)C(C)C)[C@H](n3ccc(=O)[nH]c3=O)O[C@]12CF. The second kappa shape index (κ2) is 17.3. The number of H-pyrrole nitrogens is 1. The molecule has 2 aliphatic rings. The summed E-state index contributed by atoms with van der Waals surface area (Å²) in [5.41, 5.74) is 2.41. The quantitative estimate of drug-likeness (QED) is 0.0827. The van der Waals surface area contributed by atoms with E-state index in [0.717, 1.165) is 23.8 Å². The van der Waals surface area contributed by atoms with E-state index in [1.807, 2.05) is 4.98 Å². The summed E-state index contributed by atoms with van der Waals surface area (Å²) in [5.74, 6) is -3.49. The minimum absolute atomic E-state index is 0.547. The molecule has 2 heterocycles. The maximum absolute atomic E-state index is 15.7. The van der Waals surface area contributed by atoms with E-state index >= 15 is 4.39 Å². The zero-order chi connectivity index (χ0) is 41.0. The van der Waals surface area contributed by atoms with Gasteiger partial charge in [-0.2, -0.15) is 0 Å². The van der Waals surface area contributed by atoms with Gasteiger partial charge in [-0.15, -0.1) is 0 Å². The lowest BCUT2D eigenvalue weighted by atomic mass is 9.92. The van der Waals surface area contributed by atoms with Gasteiger partial charge in [0.1, 0.15) is 18.8 Å². The molecule has 0 bridgehead atoms. The minimum atomic E-state index is -5.28. The summed E-state index contributed by atoms with van der Waals surface area (Å²) in [4.78, 5) is 78.3. The van der Waals surface area contributed by atoms with Gasteiger partial charge < -0.3 is 44.6 Å². The van der Waals surface area contributed by atoms with Crippen LogP contribution >= 0.6 is 7.82 Å². The number of carbonyl (C=O) groups excluding carboxylic acids is 4. The molecule has 0 amide bonds. The Bertz CT molecular complexity index is 1670. The molecule has 54 heavy (non-hydrogen) atoms. The number of phosphoric ester groups is 1. The van der Waals surface area contributed by atoms with Crippen molar-refractivity contribution in [2.75, 3.05) is 20.3 Å². The molecule has 1 aromatic rings. The number of fused-ring (bicyclic) bond motifs is 1. The fourth-order valence-electron chi connectivity index (χ4n) is 5.44.